The first-order valence-electron chi connectivity index (χ1n) is 9.17. The zero-order chi connectivity index (χ0) is 17.5. The molecule has 2 aromatic rings. The van der Waals surface area contributed by atoms with Crippen molar-refractivity contribution < 1.29 is 0 Å². The number of benzene rings is 2. The quantitative estimate of drug-likeness (QED) is 0.651. The van der Waals surface area contributed by atoms with E-state index in [1.165, 1.54) is 41.2 Å². The summed E-state index contributed by atoms with van der Waals surface area (Å²) in [6.07, 6.45) is 4.77. The van der Waals surface area contributed by atoms with Crippen LogP contribution in [0.15, 0.2) is 36.4 Å². The van der Waals surface area contributed by atoms with Gasteiger partial charge in [0, 0.05) is 11.1 Å². The van der Waals surface area contributed by atoms with Crippen molar-refractivity contribution >= 4 is 20.0 Å². The van der Waals surface area contributed by atoms with Crippen LogP contribution in [0.2, 0.25) is 0 Å². The van der Waals surface area contributed by atoms with Gasteiger partial charge in [-0.05, 0) is 88.0 Å². The summed E-state index contributed by atoms with van der Waals surface area (Å²) in [5, 5.41) is 2.74. The van der Waals surface area contributed by atoms with E-state index in [9.17, 15) is 0 Å². The molecule has 1 heterocycles. The number of likely N-dealkylation sites (tertiary alicyclic amines) is 1. The van der Waals surface area contributed by atoms with E-state index in [0.717, 1.165) is 12.1 Å². The Bertz CT molecular complexity index is 714. The standard InChI is InChI=1S/C22H32NP/c1-21(2)13-18(14-22(3,4)23(21)5)10-16-6-8-20-12-17(15-24)7-9-19(20)11-16/h6-9,11-12,18H,10,13-15,24H2,1-5H3. The van der Waals surface area contributed by atoms with Gasteiger partial charge in [0.1, 0.15) is 0 Å². The first-order valence-corrected chi connectivity index (χ1v) is 9.98. The summed E-state index contributed by atoms with van der Waals surface area (Å²) in [5.74, 6) is 0.759. The van der Waals surface area contributed by atoms with Gasteiger partial charge in [-0.1, -0.05) is 36.4 Å². The summed E-state index contributed by atoms with van der Waals surface area (Å²) < 4.78 is 0. The second-order valence-electron chi connectivity index (χ2n) is 8.88. The van der Waals surface area contributed by atoms with Gasteiger partial charge in [0.25, 0.3) is 0 Å². The average Bonchev–Trinajstić information content (AvgIpc) is 2.51. The second-order valence-corrected chi connectivity index (χ2v) is 9.29. The minimum Gasteiger partial charge on any atom is -0.296 e. The van der Waals surface area contributed by atoms with Crippen LogP contribution in [-0.4, -0.2) is 23.0 Å². The van der Waals surface area contributed by atoms with E-state index >= 15 is 0 Å². The van der Waals surface area contributed by atoms with Gasteiger partial charge in [-0.15, -0.1) is 9.24 Å². The highest BCUT2D eigenvalue weighted by Crippen LogP contribution is 2.41. The molecule has 0 amide bonds. The molecule has 0 radical (unpaired) electrons. The predicted molar refractivity (Wildman–Crippen MR) is 110 cm³/mol. The van der Waals surface area contributed by atoms with Crippen molar-refractivity contribution in [3.8, 4) is 0 Å². The molecule has 0 N–H and O–H groups in total. The normalized spacial score (nSPS) is 21.2. The number of nitrogens with zero attached hydrogens (tertiary/aromatic N) is 1. The van der Waals surface area contributed by atoms with Crippen LogP contribution in [0.3, 0.4) is 0 Å². The van der Waals surface area contributed by atoms with Crippen molar-refractivity contribution in [1.29, 1.82) is 0 Å². The highest BCUT2D eigenvalue weighted by Gasteiger charge is 2.42. The maximum Gasteiger partial charge on any atom is 0.0158 e. The van der Waals surface area contributed by atoms with Crippen molar-refractivity contribution in [1.82, 2.24) is 4.90 Å². The molecule has 0 saturated carbocycles. The van der Waals surface area contributed by atoms with Crippen LogP contribution >= 0.6 is 9.24 Å². The van der Waals surface area contributed by atoms with Gasteiger partial charge in [-0.3, -0.25) is 4.90 Å². The molecule has 130 valence electrons. The summed E-state index contributed by atoms with van der Waals surface area (Å²) in [4.78, 5) is 2.57. The van der Waals surface area contributed by atoms with E-state index in [1.807, 2.05) is 0 Å². The molecule has 1 aliphatic rings. The van der Waals surface area contributed by atoms with E-state index in [4.69, 9.17) is 0 Å². The number of fused-ring (bicyclic) bond motifs is 1. The van der Waals surface area contributed by atoms with E-state index in [-0.39, 0.29) is 11.1 Å². The molecular formula is C22H32NP. The van der Waals surface area contributed by atoms with E-state index in [1.54, 1.807) is 0 Å². The van der Waals surface area contributed by atoms with Gasteiger partial charge in [-0.2, -0.15) is 0 Å². The first kappa shape index (κ1) is 17.9. The van der Waals surface area contributed by atoms with Crippen molar-refractivity contribution in [3.05, 3.63) is 47.5 Å². The number of rotatable bonds is 3. The Morgan fingerprint density at radius 1 is 0.917 bits per heavy atom. The fraction of sp³-hybridized carbons (Fsp3) is 0.545. The minimum atomic E-state index is 0.275. The zero-order valence-electron chi connectivity index (χ0n) is 15.9. The van der Waals surface area contributed by atoms with Crippen LogP contribution in [0.5, 0.6) is 0 Å². The molecule has 1 saturated heterocycles. The molecule has 1 unspecified atom stereocenters. The van der Waals surface area contributed by atoms with Gasteiger partial charge in [0.15, 0.2) is 0 Å². The van der Waals surface area contributed by atoms with Gasteiger partial charge in [0.05, 0.1) is 0 Å². The molecule has 1 fully saturated rings. The molecule has 1 aliphatic heterocycles. The number of piperidine rings is 1. The largest absolute Gasteiger partial charge is 0.296 e. The molecular weight excluding hydrogens is 309 g/mol. The van der Waals surface area contributed by atoms with E-state index < -0.39 is 0 Å². The zero-order valence-corrected chi connectivity index (χ0v) is 17.0. The van der Waals surface area contributed by atoms with Crippen LogP contribution in [0.25, 0.3) is 10.8 Å². The lowest BCUT2D eigenvalue weighted by molar-refractivity contribution is -0.0296. The predicted octanol–water partition coefficient (Wildman–Crippen LogP) is 5.66. The Morgan fingerprint density at radius 3 is 1.96 bits per heavy atom. The lowest BCUT2D eigenvalue weighted by Crippen LogP contribution is -2.58. The average molecular weight is 341 g/mol. The molecule has 2 heteroatoms. The van der Waals surface area contributed by atoms with Crippen LogP contribution in [-0.2, 0) is 12.6 Å². The summed E-state index contributed by atoms with van der Waals surface area (Å²) >= 11 is 0. The molecule has 24 heavy (non-hydrogen) atoms. The third-order valence-corrected chi connectivity index (χ3v) is 6.59. The van der Waals surface area contributed by atoms with Crippen molar-refractivity contribution in [3.63, 3.8) is 0 Å². The Morgan fingerprint density at radius 2 is 1.42 bits per heavy atom. The summed E-state index contributed by atoms with van der Waals surface area (Å²) in [7, 11) is 5.10. The maximum absolute atomic E-state index is 2.81. The Kier molecular flexibility index (Phi) is 4.80. The third kappa shape index (κ3) is 3.53. The highest BCUT2D eigenvalue weighted by molar-refractivity contribution is 7.15. The SMILES string of the molecule is CN1C(C)(C)CC(Cc2ccc3cc(CP)ccc3c2)CC1(C)C. The van der Waals surface area contributed by atoms with Gasteiger partial charge >= 0.3 is 0 Å². The lowest BCUT2D eigenvalue weighted by atomic mass is 9.72. The molecule has 1 atom stereocenters. The van der Waals surface area contributed by atoms with Crippen molar-refractivity contribution in [2.75, 3.05) is 7.05 Å². The summed E-state index contributed by atoms with van der Waals surface area (Å²) in [6, 6.07) is 13.9. The Labute approximate surface area is 150 Å². The minimum absolute atomic E-state index is 0.275. The lowest BCUT2D eigenvalue weighted by Gasteiger charge is -2.54. The monoisotopic (exact) mass is 341 g/mol. The molecule has 0 spiro atoms. The van der Waals surface area contributed by atoms with Crippen molar-refractivity contribution in [2.24, 2.45) is 5.92 Å². The molecule has 0 aromatic heterocycles. The van der Waals surface area contributed by atoms with Crippen LogP contribution in [0.4, 0.5) is 0 Å². The number of hydrogen-bond donors (Lipinski definition) is 0. The molecule has 0 aliphatic carbocycles. The molecule has 3 rings (SSSR count). The Balaban J connectivity index is 1.82. The van der Waals surface area contributed by atoms with Crippen molar-refractivity contribution in [2.45, 2.75) is 64.2 Å². The Hall–Kier alpha value is -0.910. The van der Waals surface area contributed by atoms with Crippen LogP contribution in [0, 0.1) is 5.92 Å². The maximum atomic E-state index is 2.81. The van der Waals surface area contributed by atoms with Crippen LogP contribution in [0.1, 0.15) is 51.7 Å². The third-order valence-electron chi connectivity index (χ3n) is 6.12. The van der Waals surface area contributed by atoms with Crippen LogP contribution < -0.4 is 0 Å². The second kappa shape index (κ2) is 6.43. The molecule has 2 aromatic carbocycles. The topological polar surface area (TPSA) is 3.24 Å². The smallest absolute Gasteiger partial charge is 0.0158 e. The fourth-order valence-electron chi connectivity index (χ4n) is 4.65. The van der Waals surface area contributed by atoms with Gasteiger partial charge in [0.2, 0.25) is 0 Å². The number of hydrogen-bond acceptors (Lipinski definition) is 1. The van der Waals surface area contributed by atoms with E-state index in [0.29, 0.717) is 0 Å². The van der Waals surface area contributed by atoms with E-state index in [2.05, 4.69) is 85.3 Å². The summed E-state index contributed by atoms with van der Waals surface area (Å²) in [5.41, 5.74) is 3.43. The summed E-state index contributed by atoms with van der Waals surface area (Å²) in [6.45, 7) is 9.58. The van der Waals surface area contributed by atoms with Gasteiger partial charge < -0.3 is 0 Å². The fourth-order valence-corrected chi connectivity index (χ4v) is 4.91. The molecule has 1 nitrogen and oxygen atoms in total. The highest BCUT2D eigenvalue weighted by atomic mass is 31.0. The first-order chi connectivity index (χ1) is 11.2. The van der Waals surface area contributed by atoms with Gasteiger partial charge in [-0.25, -0.2) is 0 Å². The molecule has 0 bridgehead atoms.